The highest BCUT2D eigenvalue weighted by atomic mass is 31.2. The number of imidazole rings is 1. The number of rotatable bonds is 20. The Kier molecular flexibility index (Phi) is 16.9. The largest absolute Gasteiger partial charge is 0.472 e. The van der Waals surface area contributed by atoms with Crippen LogP contribution in [0.4, 0.5) is 26.5 Å². The van der Waals surface area contributed by atoms with Crippen LogP contribution in [0.5, 0.6) is 0 Å². The minimum absolute atomic E-state index is 0.00670. The van der Waals surface area contributed by atoms with Crippen molar-refractivity contribution >= 4 is 62.1 Å². The Bertz CT molecular complexity index is 3190. The molecule has 2 fully saturated rings. The molecule has 0 saturated carbocycles. The van der Waals surface area contributed by atoms with Gasteiger partial charge in [0.15, 0.2) is 30.0 Å². The molecule has 6 aromatic rings. The van der Waals surface area contributed by atoms with Crippen molar-refractivity contribution in [1.29, 1.82) is 0 Å². The Morgan fingerprint density at radius 3 is 2.22 bits per heavy atom. The summed E-state index contributed by atoms with van der Waals surface area (Å²) in [5.41, 5.74) is 12.6. The molecule has 0 spiro atoms. The van der Waals surface area contributed by atoms with Crippen molar-refractivity contribution in [2.24, 2.45) is 0 Å². The van der Waals surface area contributed by atoms with E-state index in [1.54, 1.807) is 36.4 Å². The molecule has 2 aliphatic heterocycles. The van der Waals surface area contributed by atoms with Gasteiger partial charge in [0.1, 0.15) is 66.6 Å². The number of esters is 1. The lowest BCUT2D eigenvalue weighted by molar-refractivity contribution is -0.162. The standard InChI is InChI=1S/C44H48FN11O18P2/c1-54(44(62)68-18-24-6-10-27(11-7-24)52-32(57)16-23-4-8-26(45)9-5-23)28(15-25-3-2-13-48-17-25)42(60)73-36-29(71-41(34(36)58)56-22-51-33-38(47)49-21-50-39(33)56)20-70-76(66,67)74-37-30(19-69-75(63,64)65)72-40(35(37)59)55-14-12-31(46)53-43(55)61/h2-14,17,21-22,28-30,34-37,40-41,58-59H,15-16,18-20H2,1H3,(H,52,57)(H,66,67)(H2,46,53,61)(H2,47,49,50)(H2,63,64,65)/t28-,29?,30+,34+,35+,36+,37+,40+,41+/m0/s1. The van der Waals surface area contributed by atoms with E-state index in [4.69, 9.17) is 39.5 Å². The second-order valence-electron chi connectivity index (χ2n) is 17.1. The summed E-state index contributed by atoms with van der Waals surface area (Å²) in [4.78, 5) is 104. The maximum absolute atomic E-state index is 14.5. The summed E-state index contributed by atoms with van der Waals surface area (Å²) >= 11 is 0. The number of ether oxygens (including phenoxy) is 4. The number of nitrogen functional groups attached to an aromatic ring is 2. The number of phosphoric ester groups is 2. The Morgan fingerprint density at radius 2 is 1.54 bits per heavy atom. The second kappa shape index (κ2) is 23.4. The zero-order chi connectivity index (χ0) is 54.5. The smallest absolute Gasteiger partial charge is 0.455 e. The van der Waals surface area contributed by atoms with Gasteiger partial charge in [0.05, 0.1) is 26.0 Å². The number of benzene rings is 2. The number of nitrogens with two attached hydrogens (primary N) is 2. The van der Waals surface area contributed by atoms with Gasteiger partial charge in [-0.25, -0.2) is 42.9 Å². The summed E-state index contributed by atoms with van der Waals surface area (Å²) in [6, 6.07) is 14.7. The number of halogens is 1. The average Bonchev–Trinajstić information content (AvgIpc) is 4.06. The van der Waals surface area contributed by atoms with Gasteiger partial charge >= 0.3 is 33.4 Å². The third-order valence-electron chi connectivity index (χ3n) is 11.8. The first-order valence-electron chi connectivity index (χ1n) is 22.6. The fraction of sp³-hybridized carbons (Fsp3) is 0.341. The number of pyridine rings is 1. The molecule has 0 aliphatic carbocycles. The first-order chi connectivity index (χ1) is 36.1. The number of phosphoric acid groups is 2. The van der Waals surface area contributed by atoms with Crippen LogP contribution in [0.25, 0.3) is 11.2 Å². The van der Waals surface area contributed by atoms with E-state index >= 15 is 0 Å². The zero-order valence-corrected chi connectivity index (χ0v) is 41.3. The fourth-order valence-electron chi connectivity index (χ4n) is 8.03. The van der Waals surface area contributed by atoms with Crippen LogP contribution in [0.2, 0.25) is 0 Å². The van der Waals surface area contributed by atoms with E-state index in [-0.39, 0.29) is 48.2 Å². The Labute approximate surface area is 428 Å². The molecule has 404 valence electrons. The molecule has 2 unspecified atom stereocenters. The Morgan fingerprint density at radius 1 is 0.868 bits per heavy atom. The highest BCUT2D eigenvalue weighted by molar-refractivity contribution is 7.47. The van der Waals surface area contributed by atoms with E-state index in [0.29, 0.717) is 22.4 Å². The number of likely N-dealkylation sites (N-methyl/N-ethyl adjacent to an activating group) is 1. The molecule has 6 heterocycles. The molecule has 2 aromatic carbocycles. The van der Waals surface area contributed by atoms with Crippen molar-refractivity contribution in [3.05, 3.63) is 131 Å². The summed E-state index contributed by atoms with van der Waals surface area (Å²) in [6.45, 7) is -2.39. The molecule has 76 heavy (non-hydrogen) atoms. The number of nitrogens with one attached hydrogen (secondary N) is 1. The maximum Gasteiger partial charge on any atom is 0.472 e. The molecule has 10 atom stereocenters. The lowest BCUT2D eigenvalue weighted by Gasteiger charge is -2.29. The summed E-state index contributed by atoms with van der Waals surface area (Å²) in [5.74, 6) is -2.19. The molecule has 2 saturated heterocycles. The van der Waals surface area contributed by atoms with Gasteiger partial charge in [-0.1, -0.05) is 30.3 Å². The summed E-state index contributed by atoms with van der Waals surface area (Å²) in [7, 11) is -9.47. The number of fused-ring (bicyclic) bond motifs is 1. The monoisotopic (exact) mass is 1100 g/mol. The molecule has 0 radical (unpaired) electrons. The average molecular weight is 1100 g/mol. The molecule has 10 N–H and O–H groups in total. The summed E-state index contributed by atoms with van der Waals surface area (Å²) in [6.07, 6.45) is -9.40. The van der Waals surface area contributed by atoms with Crippen LogP contribution in [0.1, 0.15) is 29.1 Å². The van der Waals surface area contributed by atoms with Crippen LogP contribution >= 0.6 is 15.6 Å². The predicted octanol–water partition coefficient (Wildman–Crippen LogP) is 0.883. The van der Waals surface area contributed by atoms with Crippen LogP contribution in [0, 0.1) is 5.82 Å². The van der Waals surface area contributed by atoms with Crippen molar-refractivity contribution in [2.45, 2.75) is 74.6 Å². The second-order valence-corrected chi connectivity index (χ2v) is 19.7. The van der Waals surface area contributed by atoms with Crippen LogP contribution in [0.3, 0.4) is 0 Å². The molecule has 29 nitrogen and oxygen atoms in total. The number of hydrogen-bond acceptors (Lipinski definition) is 22. The minimum Gasteiger partial charge on any atom is -0.455 e. The molecule has 2 amide bonds. The van der Waals surface area contributed by atoms with Crippen molar-refractivity contribution in [2.75, 3.05) is 37.0 Å². The van der Waals surface area contributed by atoms with E-state index in [0.717, 1.165) is 28.1 Å². The third kappa shape index (κ3) is 13.4. The number of carbonyl (C=O) groups excluding carboxylic acids is 3. The molecule has 4 aromatic heterocycles. The number of aliphatic hydroxyl groups is 2. The van der Waals surface area contributed by atoms with Gasteiger partial charge in [0, 0.05) is 37.7 Å². The van der Waals surface area contributed by atoms with E-state index in [1.807, 2.05) is 0 Å². The zero-order valence-electron chi connectivity index (χ0n) is 39.5. The van der Waals surface area contributed by atoms with Crippen molar-refractivity contribution in [3.8, 4) is 0 Å². The molecule has 8 rings (SSSR count). The molecular weight excluding hydrogens is 1050 g/mol. The van der Waals surface area contributed by atoms with Gasteiger partial charge in [0.2, 0.25) is 5.91 Å². The van der Waals surface area contributed by atoms with E-state index in [1.165, 1.54) is 54.6 Å². The maximum atomic E-state index is 14.5. The van der Waals surface area contributed by atoms with Gasteiger partial charge in [-0.15, -0.1) is 0 Å². The first-order valence-corrected chi connectivity index (χ1v) is 25.6. The number of aliphatic hydroxyl groups excluding tert-OH is 2. The van der Waals surface area contributed by atoms with Gasteiger partial charge < -0.3 is 60.6 Å². The topological polar surface area (TPSA) is 410 Å². The molecule has 2 aliphatic rings. The number of aromatic nitrogens is 7. The highest BCUT2D eigenvalue weighted by Crippen LogP contribution is 2.50. The Balaban J connectivity index is 0.991. The third-order valence-corrected chi connectivity index (χ3v) is 13.2. The quantitative estimate of drug-likeness (QED) is 0.0388. The lowest BCUT2D eigenvalue weighted by Crippen LogP contribution is -2.48. The lowest BCUT2D eigenvalue weighted by atomic mass is 10.1. The normalized spacial score (nSPS) is 22.7. The van der Waals surface area contributed by atoms with Crippen LogP contribution in [-0.2, 0) is 70.7 Å². The van der Waals surface area contributed by atoms with Gasteiger partial charge in [-0.3, -0.25) is 37.4 Å². The van der Waals surface area contributed by atoms with Crippen molar-refractivity contribution in [3.63, 3.8) is 0 Å². The SMILES string of the molecule is CN(C(=O)OCc1ccc(NC(=O)Cc2ccc(F)cc2)cc1)[C@@H](Cc1cccnc1)C(=O)O[C@@H]1C(COP(=O)(O)O[C@H]2[C@@H](O)[C@H](n3ccc(N)nc3=O)O[C@@H]2COP(=O)(O)O)O[C@@H](n2cnc3c(N)ncnc32)[C@@H]1O. The fourth-order valence-corrected chi connectivity index (χ4v) is 9.33. The highest BCUT2D eigenvalue weighted by Gasteiger charge is 2.52. The van der Waals surface area contributed by atoms with Crippen LogP contribution in [0.15, 0.2) is 103 Å². The van der Waals surface area contributed by atoms with Crippen LogP contribution < -0.4 is 22.5 Å². The number of anilines is 3. The number of nitrogens with zero attached hydrogens (tertiary/aromatic N) is 8. The van der Waals surface area contributed by atoms with Gasteiger partial charge in [-0.2, -0.15) is 4.98 Å². The minimum atomic E-state index is -5.50. The first kappa shape index (κ1) is 55.1. The van der Waals surface area contributed by atoms with E-state index in [2.05, 4.69) is 34.8 Å². The Hall–Kier alpha value is -7.18. The van der Waals surface area contributed by atoms with Crippen molar-refractivity contribution in [1.82, 2.24) is 39.0 Å². The number of carbonyl (C=O) groups is 3. The van der Waals surface area contributed by atoms with Gasteiger partial charge in [0.25, 0.3) is 0 Å². The van der Waals surface area contributed by atoms with E-state index < -0.39 is 108 Å². The van der Waals surface area contributed by atoms with Gasteiger partial charge in [-0.05, 0) is 53.1 Å². The molecule has 32 heteroatoms. The number of hydrogen-bond donors (Lipinski definition) is 8. The summed E-state index contributed by atoms with van der Waals surface area (Å²) < 4.78 is 79.0. The molecular formula is C44H48FN11O18P2. The van der Waals surface area contributed by atoms with E-state index in [9.17, 15) is 57.6 Å². The predicted molar refractivity (Wildman–Crippen MR) is 256 cm³/mol. The van der Waals surface area contributed by atoms with Crippen LogP contribution in [-0.4, -0.2) is 145 Å². The molecule has 0 bridgehead atoms. The number of amides is 2. The van der Waals surface area contributed by atoms with Crippen molar-refractivity contribution < 1.29 is 85.3 Å². The summed E-state index contributed by atoms with van der Waals surface area (Å²) in [5, 5.41) is 25.9.